The molecule has 4 rings (SSSR count). The lowest BCUT2D eigenvalue weighted by Gasteiger charge is -2.31. The maximum atomic E-state index is 12.9. The van der Waals surface area contributed by atoms with Crippen LogP contribution < -0.4 is 22.1 Å². The quantitative estimate of drug-likeness (QED) is 0.105. The predicted octanol–water partition coefficient (Wildman–Crippen LogP) is 4.53. The Morgan fingerprint density at radius 2 is 1.00 bits per heavy atom. The number of dihydropyridines is 2. The monoisotopic (exact) mass is 816 g/mol. The summed E-state index contributed by atoms with van der Waals surface area (Å²) in [5.41, 5.74) is 15.7. The summed E-state index contributed by atoms with van der Waals surface area (Å²) < 4.78 is 31.6. The van der Waals surface area contributed by atoms with Gasteiger partial charge in [-0.2, -0.15) is 0 Å². The molecule has 0 saturated carbocycles. The molecule has 16 heteroatoms. The Hall–Kier alpha value is -4.70. The second-order valence-corrected chi connectivity index (χ2v) is 13.1. The Kier molecular flexibility index (Phi) is 18.6. The molecule has 0 fully saturated rings. The zero-order valence-electron chi connectivity index (χ0n) is 32.4. The Morgan fingerprint density at radius 3 is 1.30 bits per heavy atom. The highest BCUT2D eigenvalue weighted by Crippen LogP contribution is 2.41. The summed E-state index contributed by atoms with van der Waals surface area (Å²) in [7, 11) is 2.59. The third-order valence-corrected chi connectivity index (χ3v) is 8.94. The maximum absolute atomic E-state index is 12.9. The standard InChI is InChI=1S/2C20H25ClN2O5/c2*1-4-28-20(25)18-15(11-27-9-8-22)23-12(2)16(19(24)26-3)17(18)13-6-5-7-14(21)10-13/h2*5-7,10,17,23H,4,8-9,11,22H2,1-3H3/t2*17-/m10/s1. The van der Waals surface area contributed by atoms with E-state index in [0.29, 0.717) is 81.4 Å². The van der Waals surface area contributed by atoms with E-state index in [0.717, 1.165) is 0 Å². The van der Waals surface area contributed by atoms with Gasteiger partial charge in [0, 0.05) is 34.5 Å². The lowest BCUT2D eigenvalue weighted by molar-refractivity contribution is -0.140. The molecule has 0 amide bonds. The molecule has 2 atom stereocenters. The molecule has 2 aliphatic rings. The van der Waals surface area contributed by atoms with Crippen molar-refractivity contribution in [2.75, 3.05) is 67.0 Å². The lowest BCUT2D eigenvalue weighted by Crippen LogP contribution is -2.35. The van der Waals surface area contributed by atoms with E-state index in [1.165, 1.54) is 14.2 Å². The van der Waals surface area contributed by atoms with E-state index >= 15 is 0 Å². The number of carbonyl (C=O) groups excluding carboxylic acids is 4. The number of rotatable bonds is 16. The van der Waals surface area contributed by atoms with Crippen LogP contribution in [0.25, 0.3) is 0 Å². The van der Waals surface area contributed by atoms with Crippen molar-refractivity contribution < 1.29 is 47.6 Å². The molecular formula is C40H50Cl2N4O10. The molecule has 304 valence electrons. The second-order valence-electron chi connectivity index (χ2n) is 12.2. The highest BCUT2D eigenvalue weighted by molar-refractivity contribution is 6.31. The first-order valence-corrected chi connectivity index (χ1v) is 18.6. The Labute approximate surface area is 337 Å². The van der Waals surface area contributed by atoms with Gasteiger partial charge in [-0.15, -0.1) is 0 Å². The third-order valence-electron chi connectivity index (χ3n) is 8.47. The van der Waals surface area contributed by atoms with Crippen molar-refractivity contribution in [2.45, 2.75) is 39.5 Å². The molecule has 2 aromatic rings. The zero-order chi connectivity index (χ0) is 41.4. The number of hydrogen-bond donors (Lipinski definition) is 4. The van der Waals surface area contributed by atoms with Crippen LogP contribution >= 0.6 is 23.2 Å². The number of carbonyl (C=O) groups is 4. The molecule has 0 aliphatic carbocycles. The van der Waals surface area contributed by atoms with Gasteiger partial charge in [0.15, 0.2) is 0 Å². The zero-order valence-corrected chi connectivity index (χ0v) is 33.9. The highest BCUT2D eigenvalue weighted by Gasteiger charge is 2.40. The van der Waals surface area contributed by atoms with Gasteiger partial charge in [-0.25, -0.2) is 19.2 Å². The fourth-order valence-electron chi connectivity index (χ4n) is 6.24. The first-order valence-electron chi connectivity index (χ1n) is 17.9. The molecule has 0 bridgehead atoms. The molecular weight excluding hydrogens is 767 g/mol. The molecule has 0 radical (unpaired) electrons. The number of ether oxygens (including phenoxy) is 6. The van der Waals surface area contributed by atoms with Crippen LogP contribution in [-0.2, 0) is 47.6 Å². The highest BCUT2D eigenvalue weighted by atomic mass is 35.5. The van der Waals surface area contributed by atoms with Gasteiger partial charge in [0.2, 0.25) is 0 Å². The van der Waals surface area contributed by atoms with Gasteiger partial charge in [0.25, 0.3) is 0 Å². The van der Waals surface area contributed by atoms with Crippen LogP contribution in [0.4, 0.5) is 0 Å². The largest absolute Gasteiger partial charge is 0.466 e. The van der Waals surface area contributed by atoms with Crippen LogP contribution in [0, 0.1) is 0 Å². The Balaban J connectivity index is 0.000000300. The molecule has 0 unspecified atom stereocenters. The number of nitrogens with one attached hydrogen (secondary N) is 2. The van der Waals surface area contributed by atoms with E-state index < -0.39 is 35.7 Å². The van der Waals surface area contributed by atoms with Gasteiger partial charge in [0.05, 0.1) is 99.4 Å². The maximum Gasteiger partial charge on any atom is 0.336 e. The van der Waals surface area contributed by atoms with Crippen LogP contribution in [0.5, 0.6) is 0 Å². The molecule has 0 saturated heterocycles. The minimum atomic E-state index is -0.706. The topological polar surface area (TPSA) is 200 Å². The number of nitrogens with two attached hydrogens (primary N) is 2. The third kappa shape index (κ3) is 11.7. The van der Waals surface area contributed by atoms with Crippen LogP contribution in [0.1, 0.15) is 50.7 Å². The molecule has 2 aromatic carbocycles. The number of esters is 4. The molecule has 56 heavy (non-hydrogen) atoms. The van der Waals surface area contributed by atoms with Gasteiger partial charge < -0.3 is 50.5 Å². The van der Waals surface area contributed by atoms with Crippen molar-refractivity contribution in [3.63, 3.8) is 0 Å². The van der Waals surface area contributed by atoms with Gasteiger partial charge in [0.1, 0.15) is 0 Å². The Morgan fingerprint density at radius 1 is 0.625 bits per heavy atom. The summed E-state index contributed by atoms with van der Waals surface area (Å²) in [4.78, 5) is 50.9. The lowest BCUT2D eigenvalue weighted by atomic mass is 9.80. The fourth-order valence-corrected chi connectivity index (χ4v) is 6.63. The van der Waals surface area contributed by atoms with E-state index in [1.807, 2.05) is 0 Å². The van der Waals surface area contributed by atoms with Gasteiger partial charge in [-0.1, -0.05) is 47.5 Å². The van der Waals surface area contributed by atoms with E-state index in [4.69, 9.17) is 63.1 Å². The SMILES string of the molecule is CCOC(=O)C1=C(COCCN)NC(C)=C(C(=O)OC)[C@@H]1c1cccc(Cl)c1.CCOC(=O)C1=C(COCCN)NC(C)=C(C(=O)OC)[C@H]1c1cccc(Cl)c1. The average molecular weight is 818 g/mol. The number of halogens is 2. The van der Waals surface area contributed by atoms with Gasteiger partial charge >= 0.3 is 23.9 Å². The summed E-state index contributed by atoms with van der Waals surface area (Å²) in [6.07, 6.45) is 0. The first-order chi connectivity index (χ1) is 26.9. The van der Waals surface area contributed by atoms with E-state index in [1.54, 1.807) is 76.2 Å². The van der Waals surface area contributed by atoms with Crippen molar-refractivity contribution >= 4 is 47.1 Å². The number of allylic oxidation sites excluding steroid dienone is 2. The van der Waals surface area contributed by atoms with Crippen LogP contribution in [-0.4, -0.2) is 90.8 Å². The van der Waals surface area contributed by atoms with Gasteiger partial charge in [-0.3, -0.25) is 0 Å². The van der Waals surface area contributed by atoms with E-state index in [9.17, 15) is 19.2 Å². The number of methoxy groups -OCH3 is 2. The van der Waals surface area contributed by atoms with E-state index in [2.05, 4.69) is 10.6 Å². The van der Waals surface area contributed by atoms with Crippen molar-refractivity contribution in [3.8, 4) is 0 Å². The summed E-state index contributed by atoms with van der Waals surface area (Å²) in [5, 5.41) is 7.18. The summed E-state index contributed by atoms with van der Waals surface area (Å²) in [5.74, 6) is -3.58. The van der Waals surface area contributed by atoms with Crippen molar-refractivity contribution in [1.29, 1.82) is 0 Å². The van der Waals surface area contributed by atoms with Crippen molar-refractivity contribution in [3.05, 3.63) is 115 Å². The predicted molar refractivity (Wildman–Crippen MR) is 211 cm³/mol. The molecule has 2 aliphatic heterocycles. The summed E-state index contributed by atoms with van der Waals surface area (Å²) in [6.45, 7) is 8.91. The number of benzene rings is 2. The second kappa shape index (κ2) is 22.8. The molecule has 6 N–H and O–H groups in total. The molecule has 2 heterocycles. The number of hydrogen-bond acceptors (Lipinski definition) is 14. The molecule has 0 spiro atoms. The summed E-state index contributed by atoms with van der Waals surface area (Å²) in [6, 6.07) is 14.0. The normalized spacial score (nSPS) is 16.7. The van der Waals surface area contributed by atoms with Crippen molar-refractivity contribution in [1.82, 2.24) is 10.6 Å². The van der Waals surface area contributed by atoms with Crippen molar-refractivity contribution in [2.24, 2.45) is 11.5 Å². The fraction of sp³-hybridized carbons (Fsp3) is 0.400. The van der Waals surface area contributed by atoms with E-state index in [-0.39, 0.29) is 37.6 Å². The average Bonchev–Trinajstić information content (AvgIpc) is 3.17. The minimum absolute atomic E-state index is 0.119. The Bertz CT molecular complexity index is 1740. The molecule has 14 nitrogen and oxygen atoms in total. The summed E-state index contributed by atoms with van der Waals surface area (Å²) >= 11 is 12.3. The van der Waals surface area contributed by atoms with Crippen LogP contribution in [0.15, 0.2) is 93.6 Å². The van der Waals surface area contributed by atoms with Crippen LogP contribution in [0.3, 0.4) is 0 Å². The molecule has 0 aromatic heterocycles. The first kappa shape index (κ1) is 45.7. The van der Waals surface area contributed by atoms with Crippen LogP contribution in [0.2, 0.25) is 10.0 Å². The van der Waals surface area contributed by atoms with Gasteiger partial charge in [-0.05, 0) is 63.1 Å². The minimum Gasteiger partial charge on any atom is -0.466 e. The smallest absolute Gasteiger partial charge is 0.336 e.